The first-order chi connectivity index (χ1) is 13.3. The third-order valence-electron chi connectivity index (χ3n) is 4.09. The molecule has 1 aliphatic heterocycles. The Kier molecular flexibility index (Phi) is 4.16. The molecule has 1 amide bonds. The Morgan fingerprint density at radius 2 is 1.36 bits per heavy atom. The zero-order valence-corrected chi connectivity index (χ0v) is 15.8. The third-order valence-corrected chi connectivity index (χ3v) is 8.51. The van der Waals surface area contributed by atoms with Crippen LogP contribution in [0.25, 0.3) is 0 Å². The highest BCUT2D eigenvalue weighted by Gasteiger charge is 2.47. The Labute approximate surface area is 161 Å². The summed E-state index contributed by atoms with van der Waals surface area (Å²) >= 11 is 0. The van der Waals surface area contributed by atoms with Gasteiger partial charge < -0.3 is 5.32 Å². The molecule has 4 rings (SSSR count). The van der Waals surface area contributed by atoms with Crippen LogP contribution < -0.4 is 9.03 Å². The number of nitrogens with one attached hydrogen (secondary N) is 1. The number of pyridine rings is 1. The maximum absolute atomic E-state index is 12.7. The fourth-order valence-corrected chi connectivity index (χ4v) is 7.27. The molecule has 10 heteroatoms. The molecule has 8 nitrogen and oxygen atoms in total. The van der Waals surface area contributed by atoms with E-state index >= 15 is 0 Å². The van der Waals surface area contributed by atoms with Crippen LogP contribution in [0.5, 0.6) is 0 Å². The Morgan fingerprint density at radius 1 is 0.786 bits per heavy atom. The molecule has 2 aromatic carbocycles. The monoisotopic (exact) mass is 415 g/mol. The minimum Gasteiger partial charge on any atom is -0.307 e. The summed E-state index contributed by atoms with van der Waals surface area (Å²) in [5, 5.41) is 2.59. The van der Waals surface area contributed by atoms with Crippen LogP contribution in [-0.2, 0) is 20.0 Å². The van der Waals surface area contributed by atoms with Crippen LogP contribution in [0.15, 0.2) is 82.7 Å². The molecule has 1 aliphatic rings. The number of nitrogens with zero attached hydrogens (tertiary/aromatic N) is 2. The Balaban J connectivity index is 1.67. The average Bonchev–Trinajstić information content (AvgIpc) is 2.85. The van der Waals surface area contributed by atoms with E-state index < -0.39 is 26.0 Å². The van der Waals surface area contributed by atoms with Gasteiger partial charge >= 0.3 is 0 Å². The van der Waals surface area contributed by atoms with Crippen molar-refractivity contribution in [1.29, 1.82) is 0 Å². The quantitative estimate of drug-likeness (QED) is 0.702. The molecule has 0 spiro atoms. The second kappa shape index (κ2) is 6.43. The number of hydrogen-bond donors (Lipinski definition) is 1. The van der Waals surface area contributed by atoms with E-state index in [0.717, 1.165) is 0 Å². The molecule has 0 aliphatic carbocycles. The van der Waals surface area contributed by atoms with Gasteiger partial charge in [-0.25, -0.2) is 4.98 Å². The molecule has 0 atom stereocenters. The van der Waals surface area contributed by atoms with Gasteiger partial charge in [0.15, 0.2) is 0 Å². The predicted molar refractivity (Wildman–Crippen MR) is 102 cm³/mol. The van der Waals surface area contributed by atoms with Gasteiger partial charge in [0.25, 0.3) is 26.0 Å². The van der Waals surface area contributed by atoms with Crippen LogP contribution in [0.1, 0.15) is 10.4 Å². The first-order valence-corrected chi connectivity index (χ1v) is 10.9. The second-order valence-electron chi connectivity index (χ2n) is 5.87. The molecular formula is C18H13N3O5S2. The lowest BCUT2D eigenvalue weighted by atomic mass is 10.2. The molecule has 0 radical (unpaired) electrons. The van der Waals surface area contributed by atoms with Crippen LogP contribution in [0.2, 0.25) is 0 Å². The molecular weight excluding hydrogens is 402 g/mol. The number of fused-ring (bicyclic) bond motifs is 1. The van der Waals surface area contributed by atoms with Crippen LogP contribution in [-0.4, -0.2) is 27.7 Å². The van der Waals surface area contributed by atoms with Crippen molar-refractivity contribution in [3.05, 3.63) is 78.5 Å². The Morgan fingerprint density at radius 3 is 1.89 bits per heavy atom. The maximum atomic E-state index is 12.7. The number of carbonyl (C=O) groups excluding carboxylic acids is 1. The van der Waals surface area contributed by atoms with Crippen LogP contribution in [0.4, 0.5) is 11.5 Å². The van der Waals surface area contributed by atoms with Gasteiger partial charge in [0.1, 0.15) is 15.6 Å². The van der Waals surface area contributed by atoms with E-state index in [1.54, 1.807) is 18.2 Å². The van der Waals surface area contributed by atoms with Crippen LogP contribution in [0, 0.1) is 0 Å². The first kappa shape index (κ1) is 18.1. The number of carbonyl (C=O) groups is 1. The van der Waals surface area contributed by atoms with Crippen molar-refractivity contribution in [3.63, 3.8) is 0 Å². The molecule has 0 fully saturated rings. The number of sulfonamides is 2. The normalized spacial score (nSPS) is 16.4. The third kappa shape index (κ3) is 2.83. The van der Waals surface area contributed by atoms with Crippen molar-refractivity contribution in [2.24, 2.45) is 0 Å². The lowest BCUT2D eigenvalue weighted by molar-refractivity contribution is 0.102. The van der Waals surface area contributed by atoms with Crippen molar-refractivity contribution < 1.29 is 21.6 Å². The minimum atomic E-state index is -4.25. The highest BCUT2D eigenvalue weighted by molar-refractivity contribution is 8.12. The number of benzene rings is 2. The van der Waals surface area contributed by atoms with Gasteiger partial charge in [-0.15, -0.1) is 0 Å². The lowest BCUT2D eigenvalue weighted by Gasteiger charge is -2.16. The fraction of sp³-hybridized carbons (Fsp3) is 0. The van der Waals surface area contributed by atoms with E-state index in [1.807, 2.05) is 0 Å². The van der Waals surface area contributed by atoms with Crippen molar-refractivity contribution >= 4 is 37.5 Å². The molecule has 142 valence electrons. The molecule has 3 aromatic rings. The van der Waals surface area contributed by atoms with E-state index in [-0.39, 0.29) is 21.0 Å². The topological polar surface area (TPSA) is 114 Å². The van der Waals surface area contributed by atoms with E-state index in [9.17, 15) is 21.6 Å². The molecule has 0 saturated heterocycles. The van der Waals surface area contributed by atoms with Crippen molar-refractivity contribution in [2.75, 3.05) is 9.03 Å². The number of rotatable bonds is 3. The summed E-state index contributed by atoms with van der Waals surface area (Å²) in [7, 11) is -8.51. The smallest absolute Gasteiger partial charge is 0.279 e. The van der Waals surface area contributed by atoms with Crippen LogP contribution in [0.3, 0.4) is 0 Å². The standard InChI is InChI=1S/C18H13N3O5S2/c22-18(20-17-7-3-4-12-19-17)13-8-10-14(11-9-13)21-27(23,24)15-5-1-2-6-16(15)28(21,25)26/h1-12H,(H,19,20,22). The van der Waals surface area contributed by atoms with Gasteiger partial charge in [-0.05, 0) is 48.5 Å². The van der Waals surface area contributed by atoms with Crippen molar-refractivity contribution in [2.45, 2.75) is 9.79 Å². The van der Waals surface area contributed by atoms with Gasteiger partial charge in [0.2, 0.25) is 0 Å². The van der Waals surface area contributed by atoms with E-state index in [1.165, 1.54) is 54.7 Å². The summed E-state index contributed by atoms with van der Waals surface area (Å²) in [4.78, 5) is 15.7. The molecule has 0 unspecified atom stereocenters. The number of amides is 1. The summed E-state index contributed by atoms with van der Waals surface area (Å²) in [6.07, 6.45) is 1.53. The van der Waals surface area contributed by atoms with Gasteiger partial charge in [-0.2, -0.15) is 20.5 Å². The highest BCUT2D eigenvalue weighted by atomic mass is 32.3. The Hall–Kier alpha value is -3.24. The van der Waals surface area contributed by atoms with Gasteiger partial charge in [0.05, 0.1) is 5.69 Å². The summed E-state index contributed by atoms with van der Waals surface area (Å²) in [6, 6.07) is 15.7. The Bertz CT molecular complexity index is 1220. The largest absolute Gasteiger partial charge is 0.307 e. The van der Waals surface area contributed by atoms with E-state index in [2.05, 4.69) is 10.3 Å². The summed E-state index contributed by atoms with van der Waals surface area (Å²) in [6.45, 7) is 0. The molecule has 1 N–H and O–H groups in total. The van der Waals surface area contributed by atoms with Gasteiger partial charge in [0, 0.05) is 11.8 Å². The molecule has 0 saturated carbocycles. The predicted octanol–water partition coefficient (Wildman–Crippen LogP) is 2.23. The zero-order chi connectivity index (χ0) is 19.9. The number of hydrogen-bond acceptors (Lipinski definition) is 6. The average molecular weight is 415 g/mol. The molecule has 28 heavy (non-hydrogen) atoms. The second-order valence-corrected chi connectivity index (χ2v) is 9.61. The highest BCUT2D eigenvalue weighted by Crippen LogP contribution is 2.39. The molecule has 1 aromatic heterocycles. The molecule has 0 bridgehead atoms. The van der Waals surface area contributed by atoms with E-state index in [0.29, 0.717) is 9.53 Å². The summed E-state index contributed by atoms with van der Waals surface area (Å²) in [5.41, 5.74) is 0.145. The van der Waals surface area contributed by atoms with E-state index in [4.69, 9.17) is 0 Å². The molecule has 2 heterocycles. The minimum absolute atomic E-state index is 0.0782. The van der Waals surface area contributed by atoms with Crippen molar-refractivity contribution in [1.82, 2.24) is 4.98 Å². The van der Waals surface area contributed by atoms with Gasteiger partial charge in [-0.1, -0.05) is 18.2 Å². The van der Waals surface area contributed by atoms with Crippen LogP contribution >= 0.6 is 0 Å². The fourth-order valence-electron chi connectivity index (χ4n) is 2.82. The van der Waals surface area contributed by atoms with Gasteiger partial charge in [-0.3, -0.25) is 4.79 Å². The number of anilines is 2. The number of aromatic nitrogens is 1. The SMILES string of the molecule is O=C(Nc1ccccn1)c1ccc(N2S(=O)(=O)c3ccccc3S2(=O)=O)cc1. The lowest BCUT2D eigenvalue weighted by Crippen LogP contribution is -2.30. The summed E-state index contributed by atoms with van der Waals surface area (Å²) in [5.74, 6) is -0.0996. The first-order valence-electron chi connectivity index (χ1n) is 8.04. The van der Waals surface area contributed by atoms with Crippen molar-refractivity contribution in [3.8, 4) is 0 Å². The zero-order valence-electron chi connectivity index (χ0n) is 14.2. The summed E-state index contributed by atoms with van der Waals surface area (Å²) < 4.78 is 51.3. The maximum Gasteiger partial charge on any atom is 0.279 e.